The van der Waals surface area contributed by atoms with Gasteiger partial charge in [0, 0.05) is 0 Å². The summed E-state index contributed by atoms with van der Waals surface area (Å²) >= 11 is 11.9. The molecule has 1 heterocycles. The van der Waals surface area contributed by atoms with Crippen LogP contribution in [-0.2, 0) is 9.47 Å². The van der Waals surface area contributed by atoms with Gasteiger partial charge in [0.2, 0.25) is 0 Å². The standard InChI is InChI=1S/C14H16Cl2O8/c1-22-11-6(16)3-2-5(15)8(11)13(20)24-12-7(4-17)23-14(21)10(19)9(12)18/h2-3,7,9-10,12,14,17-19,21H,4H2,1H3/t7-,9-,10-,12-,14?/m1/s1. The summed E-state index contributed by atoms with van der Waals surface area (Å²) in [6.45, 7) is -0.667. The van der Waals surface area contributed by atoms with Crippen LogP contribution >= 0.6 is 23.2 Å². The van der Waals surface area contributed by atoms with E-state index in [-0.39, 0.29) is 21.4 Å². The number of hydrogen-bond acceptors (Lipinski definition) is 8. The van der Waals surface area contributed by atoms with Gasteiger partial charge in [0.15, 0.2) is 18.1 Å². The number of benzene rings is 1. The third-order valence-electron chi connectivity index (χ3n) is 3.55. The van der Waals surface area contributed by atoms with E-state index in [0.717, 1.165) is 0 Å². The van der Waals surface area contributed by atoms with Crippen LogP contribution in [0.1, 0.15) is 10.4 Å². The molecule has 5 atom stereocenters. The van der Waals surface area contributed by atoms with Gasteiger partial charge in [0.25, 0.3) is 0 Å². The number of methoxy groups -OCH3 is 1. The second-order valence-corrected chi connectivity index (χ2v) is 5.85. The average molecular weight is 383 g/mol. The molecular weight excluding hydrogens is 367 g/mol. The Morgan fingerprint density at radius 2 is 1.83 bits per heavy atom. The highest BCUT2D eigenvalue weighted by atomic mass is 35.5. The molecule has 134 valence electrons. The summed E-state index contributed by atoms with van der Waals surface area (Å²) in [5.41, 5.74) is -0.184. The maximum absolute atomic E-state index is 12.4. The van der Waals surface area contributed by atoms with Crippen LogP contribution in [-0.4, -0.2) is 70.8 Å². The minimum atomic E-state index is -1.73. The highest BCUT2D eigenvalue weighted by molar-refractivity contribution is 6.37. The van der Waals surface area contributed by atoms with E-state index in [1.807, 2.05) is 0 Å². The lowest BCUT2D eigenvalue weighted by atomic mass is 9.99. The topological polar surface area (TPSA) is 126 Å². The summed E-state index contributed by atoms with van der Waals surface area (Å²) in [5, 5.41) is 38.5. The van der Waals surface area contributed by atoms with Crippen molar-refractivity contribution >= 4 is 29.2 Å². The van der Waals surface area contributed by atoms with Gasteiger partial charge in [0.05, 0.1) is 23.8 Å². The van der Waals surface area contributed by atoms with E-state index in [2.05, 4.69) is 0 Å². The average Bonchev–Trinajstić information content (AvgIpc) is 2.56. The van der Waals surface area contributed by atoms with E-state index in [1.165, 1.54) is 19.2 Å². The molecule has 0 spiro atoms. The third kappa shape index (κ3) is 3.60. The number of ether oxygens (including phenoxy) is 3. The smallest absolute Gasteiger partial charge is 0.343 e. The zero-order valence-corrected chi connectivity index (χ0v) is 13.9. The first kappa shape index (κ1) is 19.2. The van der Waals surface area contributed by atoms with E-state index >= 15 is 0 Å². The molecule has 10 heteroatoms. The van der Waals surface area contributed by atoms with Gasteiger partial charge in [-0.05, 0) is 12.1 Å². The molecule has 0 aliphatic carbocycles. The van der Waals surface area contributed by atoms with Gasteiger partial charge < -0.3 is 34.6 Å². The Labute approximate surface area is 147 Å². The number of rotatable bonds is 4. The SMILES string of the molecule is COc1c(Cl)ccc(Cl)c1C(=O)O[C@H]1[C@H](O)[C@@H](O)C(O)O[C@@H]1CO. The number of hydrogen-bond donors (Lipinski definition) is 4. The van der Waals surface area contributed by atoms with E-state index in [1.54, 1.807) is 0 Å². The number of carbonyl (C=O) groups is 1. The normalized spacial score (nSPS) is 30.0. The second kappa shape index (κ2) is 7.83. The molecule has 1 aromatic carbocycles. The summed E-state index contributed by atoms with van der Waals surface area (Å²) < 4.78 is 15.1. The first-order chi connectivity index (χ1) is 11.3. The second-order valence-electron chi connectivity index (χ2n) is 5.04. The molecule has 0 radical (unpaired) electrons. The van der Waals surface area contributed by atoms with Crippen LogP contribution < -0.4 is 4.74 Å². The summed E-state index contributed by atoms with van der Waals surface area (Å²) in [5.74, 6) is -1.03. The van der Waals surface area contributed by atoms with Crippen LogP contribution in [0.3, 0.4) is 0 Å². The van der Waals surface area contributed by atoms with Crippen molar-refractivity contribution in [3.05, 3.63) is 27.7 Å². The van der Waals surface area contributed by atoms with Crippen LogP contribution in [0.2, 0.25) is 10.0 Å². The Hall–Kier alpha value is -1.13. The zero-order valence-electron chi connectivity index (χ0n) is 12.4. The van der Waals surface area contributed by atoms with Crippen molar-refractivity contribution in [3.63, 3.8) is 0 Å². The summed E-state index contributed by atoms with van der Waals surface area (Å²) in [7, 11) is 1.28. The van der Waals surface area contributed by atoms with Crippen molar-refractivity contribution < 1.29 is 39.4 Å². The predicted molar refractivity (Wildman–Crippen MR) is 82.2 cm³/mol. The highest BCUT2D eigenvalue weighted by Gasteiger charge is 2.46. The highest BCUT2D eigenvalue weighted by Crippen LogP contribution is 2.35. The monoisotopic (exact) mass is 382 g/mol. The lowest BCUT2D eigenvalue weighted by Crippen LogP contribution is -2.59. The molecular formula is C14H16Cl2O8. The molecule has 4 N–H and O–H groups in total. The molecule has 1 unspecified atom stereocenters. The molecule has 0 saturated carbocycles. The quantitative estimate of drug-likeness (QED) is 0.534. The van der Waals surface area contributed by atoms with E-state index in [9.17, 15) is 25.2 Å². The molecule has 8 nitrogen and oxygen atoms in total. The van der Waals surface area contributed by atoms with Crippen LogP contribution in [0.4, 0.5) is 0 Å². The first-order valence-electron chi connectivity index (χ1n) is 6.85. The van der Waals surface area contributed by atoms with Crippen LogP contribution in [0.15, 0.2) is 12.1 Å². The van der Waals surface area contributed by atoms with E-state index < -0.39 is 43.3 Å². The molecule has 0 bridgehead atoms. The van der Waals surface area contributed by atoms with Crippen LogP contribution in [0.25, 0.3) is 0 Å². The van der Waals surface area contributed by atoms with Gasteiger partial charge >= 0.3 is 5.97 Å². The Bertz CT molecular complexity index is 609. The number of halogens is 2. The molecule has 0 amide bonds. The Kier molecular flexibility index (Phi) is 6.27. The van der Waals surface area contributed by atoms with Crippen molar-refractivity contribution in [1.82, 2.24) is 0 Å². The molecule has 24 heavy (non-hydrogen) atoms. The van der Waals surface area contributed by atoms with Crippen molar-refractivity contribution in [2.24, 2.45) is 0 Å². The summed E-state index contributed by atoms with van der Waals surface area (Å²) in [4.78, 5) is 12.4. The lowest BCUT2D eigenvalue weighted by molar-refractivity contribution is -0.285. The maximum Gasteiger partial charge on any atom is 0.343 e. The molecule has 2 rings (SSSR count). The van der Waals surface area contributed by atoms with Gasteiger partial charge in [-0.25, -0.2) is 4.79 Å². The largest absolute Gasteiger partial charge is 0.494 e. The van der Waals surface area contributed by atoms with Gasteiger partial charge in [0.1, 0.15) is 23.9 Å². The number of aliphatic hydroxyl groups is 4. The molecule has 0 aromatic heterocycles. The molecule has 1 aromatic rings. The van der Waals surface area contributed by atoms with Gasteiger partial charge in [-0.1, -0.05) is 23.2 Å². The fourth-order valence-corrected chi connectivity index (χ4v) is 2.78. The number of aliphatic hydroxyl groups excluding tert-OH is 4. The molecule has 1 aliphatic heterocycles. The Morgan fingerprint density at radius 3 is 2.42 bits per heavy atom. The van der Waals surface area contributed by atoms with E-state index in [0.29, 0.717) is 0 Å². The first-order valence-corrected chi connectivity index (χ1v) is 7.60. The van der Waals surface area contributed by atoms with Crippen molar-refractivity contribution in [2.75, 3.05) is 13.7 Å². The van der Waals surface area contributed by atoms with Crippen molar-refractivity contribution in [3.8, 4) is 5.75 Å². The minimum Gasteiger partial charge on any atom is -0.494 e. The third-order valence-corrected chi connectivity index (χ3v) is 4.16. The number of carbonyl (C=O) groups excluding carboxylic acids is 1. The fraction of sp³-hybridized carbons (Fsp3) is 0.500. The van der Waals surface area contributed by atoms with Gasteiger partial charge in [-0.3, -0.25) is 0 Å². The predicted octanol–water partition coefficient (Wildman–Crippen LogP) is -0.0413. The summed E-state index contributed by atoms with van der Waals surface area (Å²) in [6.07, 6.45) is -7.82. The Morgan fingerprint density at radius 1 is 1.21 bits per heavy atom. The fourth-order valence-electron chi connectivity index (χ4n) is 2.32. The number of esters is 1. The van der Waals surface area contributed by atoms with Gasteiger partial charge in [-0.2, -0.15) is 0 Å². The minimum absolute atomic E-state index is 0.00593. The van der Waals surface area contributed by atoms with Gasteiger partial charge in [-0.15, -0.1) is 0 Å². The molecule has 1 saturated heterocycles. The molecule has 1 aliphatic rings. The van der Waals surface area contributed by atoms with Crippen molar-refractivity contribution in [2.45, 2.75) is 30.7 Å². The zero-order chi connectivity index (χ0) is 18.0. The van der Waals surface area contributed by atoms with Crippen molar-refractivity contribution in [1.29, 1.82) is 0 Å². The van der Waals surface area contributed by atoms with E-state index in [4.69, 9.17) is 37.4 Å². The van der Waals surface area contributed by atoms with Crippen LogP contribution in [0.5, 0.6) is 5.75 Å². The summed E-state index contributed by atoms with van der Waals surface area (Å²) in [6, 6.07) is 2.79. The Balaban J connectivity index is 2.30. The lowest BCUT2D eigenvalue weighted by Gasteiger charge is -2.39. The maximum atomic E-state index is 12.4. The molecule has 1 fully saturated rings. The van der Waals surface area contributed by atoms with Crippen LogP contribution in [0, 0.1) is 0 Å².